The van der Waals surface area contributed by atoms with Crippen molar-refractivity contribution in [2.75, 3.05) is 5.94 Å². The zero-order valence-electron chi connectivity index (χ0n) is 9.69. The molecule has 0 fully saturated rings. The summed E-state index contributed by atoms with van der Waals surface area (Å²) in [6.45, 7) is 3.54. The van der Waals surface area contributed by atoms with Crippen LogP contribution in [0.2, 0.25) is 0 Å². The molecule has 2 N–H and O–H groups in total. The van der Waals surface area contributed by atoms with Crippen molar-refractivity contribution in [1.29, 1.82) is 0 Å². The third-order valence-electron chi connectivity index (χ3n) is 1.98. The Kier molecular flexibility index (Phi) is 6.15. The Morgan fingerprint density at radius 1 is 1.28 bits per heavy atom. The predicted octanol–water partition coefficient (Wildman–Crippen LogP) is 3.40. The number of phenolic OH excluding ortho intramolecular Hbond substituents is 1. The number of aromatic hydroxyl groups is 1. The molecule has 0 spiro atoms. The molecule has 0 radical (unpaired) electrons. The van der Waals surface area contributed by atoms with Crippen LogP contribution in [0.15, 0.2) is 17.0 Å². The van der Waals surface area contributed by atoms with E-state index < -0.39 is 16.5 Å². The summed E-state index contributed by atoms with van der Waals surface area (Å²) in [4.78, 5) is 9.16. The number of rotatable bonds is 6. The Bertz CT molecular complexity index is 455. The first-order chi connectivity index (χ1) is 8.40. The van der Waals surface area contributed by atoms with Crippen LogP contribution in [0.5, 0.6) is 5.75 Å². The van der Waals surface area contributed by atoms with Crippen molar-refractivity contribution in [3.63, 3.8) is 0 Å². The molecule has 9 heteroatoms. The summed E-state index contributed by atoms with van der Waals surface area (Å²) >= 11 is 1.24. The Labute approximate surface area is 110 Å². The van der Waals surface area contributed by atoms with Gasteiger partial charge in [-0.05, 0) is 37.1 Å². The quantitative estimate of drug-likeness (QED) is 0.472. The van der Waals surface area contributed by atoms with E-state index in [1.807, 2.05) is 0 Å². The molecule has 98 valence electrons. The van der Waals surface area contributed by atoms with E-state index in [-0.39, 0.29) is 11.7 Å². The van der Waals surface area contributed by atoms with Gasteiger partial charge in [-0.2, -0.15) is 0 Å². The van der Waals surface area contributed by atoms with Gasteiger partial charge in [0.15, 0.2) is 10.2 Å². The van der Waals surface area contributed by atoms with E-state index in [1.54, 1.807) is 26.0 Å². The molecule has 18 heavy (non-hydrogen) atoms. The second-order valence-corrected chi connectivity index (χ2v) is 6.17. The van der Waals surface area contributed by atoms with Gasteiger partial charge in [0.05, 0.1) is 0 Å². The van der Waals surface area contributed by atoms with Gasteiger partial charge in [-0.25, -0.2) is 0 Å². The third kappa shape index (κ3) is 4.98. The molecule has 0 saturated heterocycles. The Morgan fingerprint density at radius 2 is 1.83 bits per heavy atom. The summed E-state index contributed by atoms with van der Waals surface area (Å²) in [5, 5.41) is 9.58. The fraction of sp³-hybridized carbons (Fsp3) is 0.333. The fourth-order valence-electron chi connectivity index (χ4n) is 1.22. The number of aryl methyl sites for hydroxylation is 2. The highest BCUT2D eigenvalue weighted by molar-refractivity contribution is 7.99. The lowest BCUT2D eigenvalue weighted by molar-refractivity contribution is 0.322. The van der Waals surface area contributed by atoms with Crippen molar-refractivity contribution in [3.8, 4) is 5.75 Å². The molecule has 1 rings (SSSR count). The second-order valence-electron chi connectivity index (χ2n) is 3.34. The van der Waals surface area contributed by atoms with E-state index in [0.29, 0.717) is 0 Å². The van der Waals surface area contributed by atoms with Crippen molar-refractivity contribution in [3.05, 3.63) is 23.3 Å². The molecule has 0 heterocycles. The van der Waals surface area contributed by atoms with Crippen molar-refractivity contribution >= 4 is 28.3 Å². The topological polar surface area (TPSA) is 93.1 Å². The molecular weight excluding hydrogens is 298 g/mol. The van der Waals surface area contributed by atoms with E-state index in [4.69, 9.17) is 9.42 Å². The molecule has 0 aliphatic rings. The van der Waals surface area contributed by atoms with Crippen LogP contribution in [0.1, 0.15) is 11.1 Å². The molecule has 0 aromatic heterocycles. The van der Waals surface area contributed by atoms with Gasteiger partial charge in [0, 0.05) is 14.0 Å². The smallest absolute Gasteiger partial charge is 0.507 e. The van der Waals surface area contributed by atoms with Crippen molar-refractivity contribution in [1.82, 2.24) is 0 Å². The molecule has 1 aromatic carbocycles. The lowest BCUT2D eigenvalue weighted by Gasteiger charge is -2.05. The summed E-state index contributed by atoms with van der Waals surface area (Å²) in [6.07, 6.45) is 0. The van der Waals surface area contributed by atoms with E-state index in [9.17, 15) is 14.2 Å². The maximum atomic E-state index is 10.9. The zero-order valence-corrected chi connectivity index (χ0v) is 12.3. The van der Waals surface area contributed by atoms with Crippen molar-refractivity contribution in [2.24, 2.45) is 0 Å². The number of phenols is 1. The largest absolute Gasteiger partial charge is 0.748 e. The first-order valence-corrected chi connectivity index (χ1v) is 7.98. The van der Waals surface area contributed by atoms with Crippen LogP contribution in [0.4, 0.5) is 0 Å². The molecule has 6 nitrogen and oxygen atoms in total. The highest BCUT2D eigenvalue weighted by atomic mass is 32.2. The number of thioether (sulfide) groups is 1. The van der Waals surface area contributed by atoms with E-state index in [0.717, 1.165) is 16.0 Å². The zero-order chi connectivity index (χ0) is 13.7. The van der Waals surface area contributed by atoms with Gasteiger partial charge >= 0.3 is 16.5 Å². The van der Waals surface area contributed by atoms with Crippen LogP contribution >= 0.6 is 28.3 Å². The molecule has 0 saturated carbocycles. The monoisotopic (exact) mass is 310 g/mol. The number of hydrogen-bond donors (Lipinski definition) is 2. The lowest BCUT2D eigenvalue weighted by atomic mass is 10.1. The number of hydrogen-bond acceptors (Lipinski definition) is 6. The van der Waals surface area contributed by atoms with Crippen molar-refractivity contribution < 1.29 is 28.0 Å². The predicted molar refractivity (Wildman–Crippen MR) is 67.9 cm³/mol. The Balaban J connectivity index is 2.49. The minimum absolute atomic E-state index is 0.0159. The second kappa shape index (κ2) is 7.14. The Hall–Kier alpha value is -0.550. The average molecular weight is 310 g/mol. The van der Waals surface area contributed by atoms with E-state index in [1.165, 1.54) is 11.8 Å². The SMILES string of the molecule is Cc1cc(SCO[P+](=O)O[P+](=O)O)cc(C)c1O. The first-order valence-electron chi connectivity index (χ1n) is 4.77. The Morgan fingerprint density at radius 3 is 2.33 bits per heavy atom. The molecule has 0 bridgehead atoms. The van der Waals surface area contributed by atoms with E-state index >= 15 is 0 Å². The summed E-state index contributed by atoms with van der Waals surface area (Å²) in [5.41, 5.74) is 1.47. The van der Waals surface area contributed by atoms with Gasteiger partial charge in [-0.15, -0.1) is 9.42 Å². The maximum Gasteiger partial charge on any atom is 0.748 e. The summed E-state index contributed by atoms with van der Waals surface area (Å²) < 4.78 is 29.9. The normalized spacial score (nSPS) is 12.4. The van der Waals surface area contributed by atoms with Gasteiger partial charge in [0.2, 0.25) is 0 Å². The van der Waals surface area contributed by atoms with Crippen molar-refractivity contribution in [2.45, 2.75) is 18.7 Å². The van der Waals surface area contributed by atoms with Gasteiger partial charge in [-0.1, -0.05) is 11.8 Å². The molecule has 0 aliphatic carbocycles. The fourth-order valence-corrected chi connectivity index (χ4v) is 3.07. The van der Waals surface area contributed by atoms with Gasteiger partial charge < -0.3 is 5.11 Å². The summed E-state index contributed by atoms with van der Waals surface area (Å²) in [5.74, 6) is 0.258. The molecule has 1 aromatic rings. The third-order valence-corrected chi connectivity index (χ3v) is 4.40. The van der Waals surface area contributed by atoms with Crippen LogP contribution < -0.4 is 0 Å². The van der Waals surface area contributed by atoms with Gasteiger partial charge in [0.25, 0.3) is 0 Å². The van der Waals surface area contributed by atoms with Crippen LogP contribution in [0, 0.1) is 13.8 Å². The van der Waals surface area contributed by atoms with Crippen LogP contribution in [-0.4, -0.2) is 15.9 Å². The highest BCUT2D eigenvalue weighted by Crippen LogP contribution is 2.38. The summed E-state index contributed by atoms with van der Waals surface area (Å²) in [6, 6.07) is 3.52. The molecular formula is C9H12O6P2S+2. The first kappa shape index (κ1) is 15.5. The minimum Gasteiger partial charge on any atom is -0.507 e. The highest BCUT2D eigenvalue weighted by Gasteiger charge is 2.36. The summed E-state index contributed by atoms with van der Waals surface area (Å²) in [7, 11) is -5.52. The lowest BCUT2D eigenvalue weighted by Crippen LogP contribution is -1.85. The molecule has 0 aliphatic heterocycles. The van der Waals surface area contributed by atoms with Crippen LogP contribution in [0.25, 0.3) is 0 Å². The molecule has 2 atom stereocenters. The van der Waals surface area contributed by atoms with Crippen LogP contribution in [-0.2, 0) is 18.0 Å². The molecule has 2 unspecified atom stereocenters. The molecule has 0 amide bonds. The maximum absolute atomic E-state index is 10.9. The van der Waals surface area contributed by atoms with E-state index in [2.05, 4.69) is 4.31 Å². The average Bonchev–Trinajstić information content (AvgIpc) is 2.24. The van der Waals surface area contributed by atoms with Gasteiger partial charge in [-0.3, -0.25) is 0 Å². The van der Waals surface area contributed by atoms with Gasteiger partial charge in [0.1, 0.15) is 5.75 Å². The number of benzene rings is 1. The standard InChI is InChI=1S/C9H10O6P2S/c1-6-3-8(4-7(2)9(6)10)18-5-14-17(13)15-16(11)12/h3-4H,5H2,1-2H3/p+2. The minimum atomic E-state index is -2.93. The van der Waals surface area contributed by atoms with Crippen LogP contribution in [0.3, 0.4) is 0 Å².